The topological polar surface area (TPSA) is 49.8 Å². The van der Waals surface area contributed by atoms with Gasteiger partial charge in [0.1, 0.15) is 20.3 Å². The highest BCUT2D eigenvalue weighted by molar-refractivity contribution is 6.83. The fourth-order valence-electron chi connectivity index (χ4n) is 1.70. The number of hydrogen-bond donors (Lipinski definition) is 1. The summed E-state index contributed by atoms with van der Waals surface area (Å²) in [6.07, 6.45) is 0.286. The largest absolute Gasteiger partial charge is 0.444 e. The molecule has 0 aromatic heterocycles. The fourth-order valence-corrected chi connectivity index (χ4v) is 2.30. The highest BCUT2D eigenvalue weighted by Gasteiger charge is 2.29. The number of aliphatic hydroxyl groups is 1. The summed E-state index contributed by atoms with van der Waals surface area (Å²) in [6.45, 7) is 9.66. The lowest BCUT2D eigenvalue weighted by Gasteiger charge is -2.10. The average Bonchev–Trinajstić information content (AvgIpc) is 2.63. The summed E-state index contributed by atoms with van der Waals surface area (Å²) in [5.74, 6) is 2.90. The van der Waals surface area contributed by atoms with Gasteiger partial charge in [0.15, 0.2) is 0 Å². The van der Waals surface area contributed by atoms with Crippen molar-refractivity contribution < 1.29 is 14.6 Å². The minimum atomic E-state index is -1.42. The van der Waals surface area contributed by atoms with Gasteiger partial charge in [0.05, 0.1) is 6.54 Å². The van der Waals surface area contributed by atoms with Crippen molar-refractivity contribution in [1.29, 1.82) is 0 Å². The molecule has 5 heteroatoms. The fraction of sp³-hybridized carbons (Fsp3) is 0.769. The van der Waals surface area contributed by atoms with Crippen molar-refractivity contribution in [2.24, 2.45) is 0 Å². The van der Waals surface area contributed by atoms with E-state index in [-0.39, 0.29) is 12.2 Å². The van der Waals surface area contributed by atoms with E-state index in [0.717, 1.165) is 0 Å². The van der Waals surface area contributed by atoms with Gasteiger partial charge in [0.2, 0.25) is 0 Å². The van der Waals surface area contributed by atoms with Gasteiger partial charge >= 0.3 is 6.09 Å². The standard InChI is InChI=1S/C13H23NO3Si/c1-5-14-10-12(17-13(14)16)7-6-11(15)8-9-18(2,3)4/h11-12,15H,5-7,10H2,1-4H3. The van der Waals surface area contributed by atoms with Crippen LogP contribution < -0.4 is 0 Å². The van der Waals surface area contributed by atoms with Crippen LogP contribution in [-0.2, 0) is 4.74 Å². The molecule has 18 heavy (non-hydrogen) atoms. The first-order chi connectivity index (χ1) is 8.31. The molecule has 0 saturated carbocycles. The molecule has 1 amide bonds. The van der Waals surface area contributed by atoms with Crippen molar-refractivity contribution in [3.05, 3.63) is 0 Å². The van der Waals surface area contributed by atoms with Gasteiger partial charge in [-0.3, -0.25) is 0 Å². The lowest BCUT2D eigenvalue weighted by molar-refractivity contribution is 0.119. The van der Waals surface area contributed by atoms with E-state index in [0.29, 0.717) is 25.9 Å². The number of carbonyl (C=O) groups is 1. The number of nitrogens with zero attached hydrogens (tertiary/aromatic N) is 1. The summed E-state index contributed by atoms with van der Waals surface area (Å²) < 4.78 is 5.20. The molecule has 2 unspecified atom stereocenters. The molecular formula is C13H23NO3Si. The number of rotatable bonds is 4. The van der Waals surface area contributed by atoms with Gasteiger partial charge in [-0.2, -0.15) is 0 Å². The number of carbonyl (C=O) groups excluding carboxylic acids is 1. The van der Waals surface area contributed by atoms with E-state index < -0.39 is 14.2 Å². The number of likely N-dealkylation sites (N-methyl/N-ethyl adjacent to an activating group) is 1. The smallest absolute Gasteiger partial charge is 0.410 e. The predicted octanol–water partition coefficient (Wildman–Crippen LogP) is 1.85. The zero-order chi connectivity index (χ0) is 13.8. The van der Waals surface area contributed by atoms with Crippen LogP contribution in [0.25, 0.3) is 0 Å². The Hall–Kier alpha value is -0.993. The molecule has 0 aliphatic carbocycles. The van der Waals surface area contributed by atoms with Crippen LogP contribution in [0.15, 0.2) is 0 Å². The highest BCUT2D eigenvalue weighted by atomic mass is 28.3. The van der Waals surface area contributed by atoms with Crippen molar-refractivity contribution in [3.8, 4) is 11.5 Å². The van der Waals surface area contributed by atoms with Gasteiger partial charge in [0, 0.05) is 6.54 Å². The Morgan fingerprint density at radius 3 is 2.72 bits per heavy atom. The molecule has 1 aliphatic rings. The van der Waals surface area contributed by atoms with Gasteiger partial charge in [-0.05, 0) is 19.8 Å². The minimum Gasteiger partial charge on any atom is -0.444 e. The molecule has 2 atom stereocenters. The number of ether oxygens (including phenoxy) is 1. The number of cyclic esters (lactones) is 1. The molecular weight excluding hydrogens is 246 g/mol. The number of amides is 1. The second-order valence-corrected chi connectivity index (χ2v) is 10.4. The number of aliphatic hydroxyl groups excluding tert-OH is 1. The van der Waals surface area contributed by atoms with Crippen LogP contribution in [0.3, 0.4) is 0 Å². The Kier molecular flexibility index (Phi) is 5.24. The third kappa shape index (κ3) is 5.11. The number of hydrogen-bond acceptors (Lipinski definition) is 3. The van der Waals surface area contributed by atoms with E-state index in [9.17, 15) is 9.90 Å². The van der Waals surface area contributed by atoms with E-state index in [1.165, 1.54) is 0 Å². The maximum absolute atomic E-state index is 11.3. The summed E-state index contributed by atoms with van der Waals surface area (Å²) in [4.78, 5) is 13.0. The zero-order valence-electron chi connectivity index (χ0n) is 11.7. The molecule has 1 fully saturated rings. The van der Waals surface area contributed by atoms with Crippen LogP contribution in [0.2, 0.25) is 19.6 Å². The molecule has 0 radical (unpaired) electrons. The highest BCUT2D eigenvalue weighted by Crippen LogP contribution is 2.16. The summed E-state index contributed by atoms with van der Waals surface area (Å²) >= 11 is 0. The lowest BCUT2D eigenvalue weighted by atomic mass is 10.1. The summed E-state index contributed by atoms with van der Waals surface area (Å²) in [6, 6.07) is 0. The van der Waals surface area contributed by atoms with Crippen LogP contribution in [0.5, 0.6) is 0 Å². The third-order valence-corrected chi connectivity index (χ3v) is 3.60. The van der Waals surface area contributed by atoms with Gasteiger partial charge in [-0.25, -0.2) is 4.79 Å². The molecule has 102 valence electrons. The van der Waals surface area contributed by atoms with Crippen LogP contribution >= 0.6 is 0 Å². The first kappa shape index (κ1) is 15.1. The molecule has 1 heterocycles. The van der Waals surface area contributed by atoms with Gasteiger partial charge in [-0.15, -0.1) is 5.54 Å². The molecule has 0 aromatic rings. The molecule has 0 spiro atoms. The Morgan fingerprint density at radius 2 is 2.22 bits per heavy atom. The van der Waals surface area contributed by atoms with Crippen LogP contribution in [0.1, 0.15) is 19.8 Å². The average molecular weight is 269 g/mol. The zero-order valence-corrected chi connectivity index (χ0v) is 12.7. The molecule has 1 N–H and O–H groups in total. The van der Waals surface area contributed by atoms with E-state index in [4.69, 9.17) is 4.74 Å². The first-order valence-electron chi connectivity index (χ1n) is 6.48. The van der Waals surface area contributed by atoms with Crippen molar-refractivity contribution >= 4 is 14.2 Å². The lowest BCUT2D eigenvalue weighted by Crippen LogP contribution is -2.24. The van der Waals surface area contributed by atoms with Gasteiger partial charge in [-0.1, -0.05) is 25.6 Å². The van der Waals surface area contributed by atoms with Crippen molar-refractivity contribution in [2.75, 3.05) is 13.1 Å². The minimum absolute atomic E-state index is 0.0965. The van der Waals surface area contributed by atoms with Crippen LogP contribution in [0.4, 0.5) is 4.79 Å². The molecule has 1 saturated heterocycles. The van der Waals surface area contributed by atoms with E-state index in [1.807, 2.05) is 6.92 Å². The molecule has 1 aliphatic heterocycles. The second kappa shape index (κ2) is 6.25. The van der Waals surface area contributed by atoms with Crippen molar-refractivity contribution in [1.82, 2.24) is 4.90 Å². The monoisotopic (exact) mass is 269 g/mol. The molecule has 4 nitrogen and oxygen atoms in total. The summed E-state index contributed by atoms with van der Waals surface area (Å²) in [5, 5.41) is 9.76. The SMILES string of the molecule is CCN1CC(CCC(O)C#C[Si](C)(C)C)OC1=O. The predicted molar refractivity (Wildman–Crippen MR) is 73.9 cm³/mol. The molecule has 1 rings (SSSR count). The Balaban J connectivity index is 2.33. The second-order valence-electron chi connectivity index (χ2n) is 5.66. The van der Waals surface area contributed by atoms with Crippen LogP contribution in [0, 0.1) is 11.5 Å². The normalized spacial score (nSPS) is 21.3. The van der Waals surface area contributed by atoms with Crippen molar-refractivity contribution in [2.45, 2.75) is 51.6 Å². The van der Waals surface area contributed by atoms with Gasteiger partial charge < -0.3 is 14.7 Å². The first-order valence-corrected chi connectivity index (χ1v) is 9.98. The Bertz CT molecular complexity index is 353. The Morgan fingerprint density at radius 1 is 1.56 bits per heavy atom. The quantitative estimate of drug-likeness (QED) is 0.626. The Labute approximate surface area is 110 Å². The van der Waals surface area contributed by atoms with E-state index in [2.05, 4.69) is 31.1 Å². The maximum Gasteiger partial charge on any atom is 0.410 e. The van der Waals surface area contributed by atoms with E-state index in [1.54, 1.807) is 4.90 Å². The summed E-state index contributed by atoms with van der Waals surface area (Å²) in [7, 11) is -1.42. The molecule has 0 aromatic carbocycles. The van der Waals surface area contributed by atoms with Crippen LogP contribution in [-0.4, -0.2) is 49.5 Å². The van der Waals surface area contributed by atoms with E-state index >= 15 is 0 Å². The van der Waals surface area contributed by atoms with Gasteiger partial charge in [0.25, 0.3) is 0 Å². The molecule has 0 bridgehead atoms. The summed E-state index contributed by atoms with van der Waals surface area (Å²) in [5.41, 5.74) is 3.15. The van der Waals surface area contributed by atoms with Crippen molar-refractivity contribution in [3.63, 3.8) is 0 Å². The third-order valence-electron chi connectivity index (χ3n) is 2.71. The maximum atomic E-state index is 11.3.